The summed E-state index contributed by atoms with van der Waals surface area (Å²) in [6.45, 7) is 4.54. The lowest BCUT2D eigenvalue weighted by Crippen LogP contribution is -2.33. The average molecular weight is 403 g/mol. The van der Waals surface area contributed by atoms with Crippen molar-refractivity contribution in [1.82, 2.24) is 24.1 Å². The third-order valence-corrected chi connectivity index (χ3v) is 6.68. The van der Waals surface area contributed by atoms with Gasteiger partial charge in [-0.15, -0.1) is 0 Å². The Balaban J connectivity index is 1.85. The molecule has 1 saturated carbocycles. The fourth-order valence-corrected chi connectivity index (χ4v) is 4.84. The molecule has 0 N–H and O–H groups in total. The molecule has 154 valence electrons. The molecule has 30 heavy (non-hydrogen) atoms. The molecule has 1 aliphatic carbocycles. The zero-order chi connectivity index (χ0) is 20.8. The van der Waals surface area contributed by atoms with Gasteiger partial charge in [0.15, 0.2) is 0 Å². The lowest BCUT2D eigenvalue weighted by molar-refractivity contribution is 0.183. The maximum Gasteiger partial charge on any atom is 0.262 e. The van der Waals surface area contributed by atoms with Crippen LogP contribution < -0.4 is 10.3 Å². The van der Waals surface area contributed by atoms with Gasteiger partial charge in [-0.3, -0.25) is 4.79 Å². The number of fused-ring (bicyclic) bond motifs is 2. The highest BCUT2D eigenvalue weighted by Crippen LogP contribution is 2.38. The molecule has 3 heterocycles. The molecule has 0 amide bonds. The molecule has 0 unspecified atom stereocenters. The number of methoxy groups -OCH3 is 1. The average Bonchev–Trinajstić information content (AvgIpc) is 3.23. The van der Waals surface area contributed by atoms with Crippen LogP contribution in [0.5, 0.6) is 5.75 Å². The van der Waals surface area contributed by atoms with Gasteiger partial charge >= 0.3 is 0 Å². The van der Waals surface area contributed by atoms with E-state index in [-0.39, 0.29) is 11.6 Å². The van der Waals surface area contributed by atoms with E-state index < -0.39 is 0 Å². The van der Waals surface area contributed by atoms with Crippen LogP contribution in [0.1, 0.15) is 39.2 Å². The van der Waals surface area contributed by atoms with E-state index in [4.69, 9.17) is 4.74 Å². The largest absolute Gasteiger partial charge is 0.496 e. The first-order valence-electron chi connectivity index (χ1n) is 10.5. The first-order chi connectivity index (χ1) is 14.6. The fraction of sp³-hybridized carbons (Fsp3) is 0.391. The standard InChI is InChI=1S/C23H25N5O2/c1-14-7-6-9-18(15(14)2)27-12-11-17-20(22(27)29)21(28-23(26-17)24-13-25-28)16-8-4-5-10-19(16)30-3/h4-5,8,10-15,18H,6-7,9H2,1-3H3/t14-,15+,18+/m1/s1. The Labute approximate surface area is 174 Å². The Morgan fingerprint density at radius 1 is 1.13 bits per heavy atom. The molecule has 1 aliphatic rings. The van der Waals surface area contributed by atoms with Crippen molar-refractivity contribution in [2.75, 3.05) is 7.11 Å². The Bertz CT molecular complexity index is 1290. The van der Waals surface area contributed by atoms with E-state index in [2.05, 4.69) is 28.9 Å². The topological polar surface area (TPSA) is 74.3 Å². The van der Waals surface area contributed by atoms with Crippen molar-refractivity contribution in [3.8, 4) is 17.0 Å². The van der Waals surface area contributed by atoms with Crippen molar-refractivity contribution in [1.29, 1.82) is 0 Å². The van der Waals surface area contributed by atoms with Gasteiger partial charge in [-0.1, -0.05) is 38.8 Å². The van der Waals surface area contributed by atoms with Crippen LogP contribution in [0.15, 0.2) is 47.7 Å². The molecular formula is C23H25N5O2. The summed E-state index contributed by atoms with van der Waals surface area (Å²) < 4.78 is 9.15. The molecule has 0 aliphatic heterocycles. The molecular weight excluding hydrogens is 378 g/mol. The van der Waals surface area contributed by atoms with Crippen molar-refractivity contribution >= 4 is 16.7 Å². The number of nitrogens with zero attached hydrogens (tertiary/aromatic N) is 5. The van der Waals surface area contributed by atoms with Gasteiger partial charge in [0.05, 0.1) is 23.7 Å². The van der Waals surface area contributed by atoms with Crippen molar-refractivity contribution < 1.29 is 4.74 Å². The van der Waals surface area contributed by atoms with Gasteiger partial charge in [-0.2, -0.15) is 14.6 Å². The van der Waals surface area contributed by atoms with Gasteiger partial charge in [0.25, 0.3) is 11.3 Å². The van der Waals surface area contributed by atoms with Crippen LogP contribution in [-0.2, 0) is 0 Å². The van der Waals surface area contributed by atoms with Gasteiger partial charge in [0.1, 0.15) is 12.1 Å². The van der Waals surface area contributed by atoms with E-state index in [1.807, 2.05) is 41.1 Å². The first kappa shape index (κ1) is 18.8. The smallest absolute Gasteiger partial charge is 0.262 e. The van der Waals surface area contributed by atoms with E-state index in [0.29, 0.717) is 40.0 Å². The maximum atomic E-state index is 13.9. The summed E-state index contributed by atoms with van der Waals surface area (Å²) in [4.78, 5) is 22.7. The van der Waals surface area contributed by atoms with Gasteiger partial charge in [-0.25, -0.2) is 4.98 Å². The minimum atomic E-state index is -0.0377. The number of hydrogen-bond donors (Lipinski definition) is 0. The predicted octanol–water partition coefficient (Wildman–Crippen LogP) is 4.11. The molecule has 5 rings (SSSR count). The van der Waals surface area contributed by atoms with Gasteiger partial charge in [0, 0.05) is 17.8 Å². The zero-order valence-electron chi connectivity index (χ0n) is 17.4. The summed E-state index contributed by atoms with van der Waals surface area (Å²) in [6, 6.07) is 9.78. The van der Waals surface area contributed by atoms with E-state index >= 15 is 0 Å². The van der Waals surface area contributed by atoms with E-state index in [9.17, 15) is 4.79 Å². The monoisotopic (exact) mass is 403 g/mol. The number of ether oxygens (including phenoxy) is 1. The van der Waals surface area contributed by atoms with Crippen LogP contribution in [0, 0.1) is 11.8 Å². The normalized spacial score (nSPS) is 21.9. The lowest BCUT2D eigenvalue weighted by atomic mass is 9.78. The molecule has 7 heteroatoms. The Morgan fingerprint density at radius 2 is 1.97 bits per heavy atom. The SMILES string of the molecule is COc1ccccc1-c1c2c(=O)n([C@H]3CCC[C@@H](C)[C@@H]3C)ccc2nc2ncnn12. The second-order valence-electron chi connectivity index (χ2n) is 8.26. The Morgan fingerprint density at radius 3 is 2.80 bits per heavy atom. The molecule has 0 radical (unpaired) electrons. The third-order valence-electron chi connectivity index (χ3n) is 6.68. The van der Waals surface area contributed by atoms with Crippen molar-refractivity contribution in [2.45, 2.75) is 39.2 Å². The summed E-state index contributed by atoms with van der Waals surface area (Å²) in [6.07, 6.45) is 6.73. The van der Waals surface area contributed by atoms with Crippen LogP contribution in [0.3, 0.4) is 0 Å². The highest BCUT2D eigenvalue weighted by Gasteiger charge is 2.30. The molecule has 3 aromatic heterocycles. The van der Waals surface area contributed by atoms with Gasteiger partial charge < -0.3 is 9.30 Å². The quantitative estimate of drug-likeness (QED) is 0.515. The summed E-state index contributed by atoms with van der Waals surface area (Å²) in [7, 11) is 1.63. The van der Waals surface area contributed by atoms with Crippen molar-refractivity contribution in [3.05, 3.63) is 53.2 Å². The fourth-order valence-electron chi connectivity index (χ4n) is 4.84. The highest BCUT2D eigenvalue weighted by molar-refractivity contribution is 5.94. The number of pyridine rings is 1. The number of para-hydroxylation sites is 1. The minimum absolute atomic E-state index is 0.0377. The minimum Gasteiger partial charge on any atom is -0.496 e. The molecule has 3 atom stereocenters. The van der Waals surface area contributed by atoms with Crippen LogP contribution in [0.2, 0.25) is 0 Å². The molecule has 0 bridgehead atoms. The van der Waals surface area contributed by atoms with E-state index in [0.717, 1.165) is 18.4 Å². The Hall–Kier alpha value is -3.22. The zero-order valence-corrected chi connectivity index (χ0v) is 17.4. The lowest BCUT2D eigenvalue weighted by Gasteiger charge is -2.35. The second-order valence-corrected chi connectivity index (χ2v) is 8.26. The number of benzene rings is 1. The summed E-state index contributed by atoms with van der Waals surface area (Å²) in [5, 5.41) is 4.92. The van der Waals surface area contributed by atoms with Crippen LogP contribution in [0.4, 0.5) is 0 Å². The second kappa shape index (κ2) is 7.23. The summed E-state index contributed by atoms with van der Waals surface area (Å²) >= 11 is 0. The van der Waals surface area contributed by atoms with Gasteiger partial charge in [0.2, 0.25) is 0 Å². The van der Waals surface area contributed by atoms with E-state index in [1.165, 1.54) is 12.7 Å². The summed E-state index contributed by atoms with van der Waals surface area (Å²) in [5.74, 6) is 2.17. The van der Waals surface area contributed by atoms with Crippen molar-refractivity contribution in [2.24, 2.45) is 11.8 Å². The highest BCUT2D eigenvalue weighted by atomic mass is 16.5. The Kier molecular flexibility index (Phi) is 4.53. The predicted molar refractivity (Wildman–Crippen MR) is 116 cm³/mol. The molecule has 7 nitrogen and oxygen atoms in total. The molecule has 1 fully saturated rings. The van der Waals surface area contributed by atoms with Crippen LogP contribution in [0.25, 0.3) is 27.9 Å². The van der Waals surface area contributed by atoms with E-state index in [1.54, 1.807) is 11.6 Å². The van der Waals surface area contributed by atoms with Crippen molar-refractivity contribution in [3.63, 3.8) is 0 Å². The molecule has 0 spiro atoms. The molecule has 1 aromatic carbocycles. The molecule has 4 aromatic rings. The maximum absolute atomic E-state index is 13.9. The van der Waals surface area contributed by atoms with Crippen LogP contribution >= 0.6 is 0 Å². The summed E-state index contributed by atoms with van der Waals surface area (Å²) in [5.41, 5.74) is 2.04. The van der Waals surface area contributed by atoms with Gasteiger partial charge in [-0.05, 0) is 36.5 Å². The number of aromatic nitrogens is 5. The number of hydrogen-bond acceptors (Lipinski definition) is 5. The third kappa shape index (κ3) is 2.80. The van der Waals surface area contributed by atoms with Crippen LogP contribution in [-0.4, -0.2) is 31.3 Å². The first-order valence-corrected chi connectivity index (χ1v) is 10.5. The number of rotatable bonds is 3. The molecule has 0 saturated heterocycles.